The van der Waals surface area contributed by atoms with Crippen LogP contribution in [0.4, 0.5) is 0 Å². The first-order valence-electron chi connectivity index (χ1n) is 7.60. The van der Waals surface area contributed by atoms with E-state index in [1.807, 2.05) is 0 Å². The molecule has 1 aliphatic rings. The van der Waals surface area contributed by atoms with Gasteiger partial charge in [0.25, 0.3) is 0 Å². The molecule has 0 atom stereocenters. The van der Waals surface area contributed by atoms with E-state index in [4.69, 9.17) is 9.47 Å². The van der Waals surface area contributed by atoms with Gasteiger partial charge in [0.1, 0.15) is 0 Å². The van der Waals surface area contributed by atoms with Crippen LogP contribution in [0.15, 0.2) is 0 Å². The van der Waals surface area contributed by atoms with Crippen molar-refractivity contribution in [3.63, 3.8) is 0 Å². The smallest absolute Gasteiger partial charge is 0.305 e. The van der Waals surface area contributed by atoms with Crippen molar-refractivity contribution in [1.29, 1.82) is 0 Å². The van der Waals surface area contributed by atoms with E-state index in [2.05, 4.69) is 0 Å². The summed E-state index contributed by atoms with van der Waals surface area (Å²) >= 11 is 0. The fraction of sp³-hybridized carbons (Fsp3) is 0.867. The molecule has 1 fully saturated rings. The third kappa shape index (κ3) is 9.51. The molecule has 0 aliphatic carbocycles. The minimum Gasteiger partial charge on any atom is -0.466 e. The lowest BCUT2D eigenvalue weighted by Gasteiger charge is -2.05. The van der Waals surface area contributed by atoms with Gasteiger partial charge in [-0.15, -0.1) is 0 Å². The quantitative estimate of drug-likeness (QED) is 0.633. The predicted molar refractivity (Wildman–Crippen MR) is 72.7 cm³/mol. The van der Waals surface area contributed by atoms with E-state index in [1.165, 1.54) is 0 Å². The molecule has 1 saturated heterocycles. The van der Waals surface area contributed by atoms with Crippen LogP contribution in [0.25, 0.3) is 0 Å². The molecule has 0 unspecified atom stereocenters. The van der Waals surface area contributed by atoms with Gasteiger partial charge in [-0.3, -0.25) is 9.59 Å². The van der Waals surface area contributed by atoms with Gasteiger partial charge in [-0.1, -0.05) is 19.3 Å². The number of rotatable bonds is 0. The lowest BCUT2D eigenvalue weighted by Crippen LogP contribution is -2.06. The van der Waals surface area contributed by atoms with Crippen molar-refractivity contribution in [2.24, 2.45) is 0 Å². The Hall–Kier alpha value is -1.06. The van der Waals surface area contributed by atoms with E-state index < -0.39 is 0 Å². The number of hydrogen-bond donors (Lipinski definition) is 0. The number of carbonyl (C=O) groups is 2. The first-order valence-corrected chi connectivity index (χ1v) is 7.60. The summed E-state index contributed by atoms with van der Waals surface area (Å²) in [6, 6.07) is 0. The van der Waals surface area contributed by atoms with Gasteiger partial charge in [0, 0.05) is 12.8 Å². The van der Waals surface area contributed by atoms with Crippen LogP contribution in [0.2, 0.25) is 0 Å². The third-order valence-electron chi connectivity index (χ3n) is 3.33. The Morgan fingerprint density at radius 1 is 0.526 bits per heavy atom. The zero-order valence-electron chi connectivity index (χ0n) is 11.8. The molecule has 0 aromatic heterocycles. The summed E-state index contributed by atoms with van der Waals surface area (Å²) in [6.45, 7) is 1.05. The second-order valence-corrected chi connectivity index (χ2v) is 5.12. The highest BCUT2D eigenvalue weighted by molar-refractivity contribution is 5.69. The van der Waals surface area contributed by atoms with Gasteiger partial charge in [0.15, 0.2) is 0 Å². The van der Waals surface area contributed by atoms with Gasteiger partial charge in [0.2, 0.25) is 0 Å². The van der Waals surface area contributed by atoms with Crippen LogP contribution in [0.3, 0.4) is 0 Å². The van der Waals surface area contributed by atoms with Crippen molar-refractivity contribution in [3.05, 3.63) is 0 Å². The molecule has 4 heteroatoms. The second kappa shape index (κ2) is 10.8. The van der Waals surface area contributed by atoms with Crippen LogP contribution in [0, 0.1) is 0 Å². The van der Waals surface area contributed by atoms with E-state index in [0.717, 1.165) is 57.8 Å². The summed E-state index contributed by atoms with van der Waals surface area (Å²) in [6.07, 6.45) is 9.82. The molecule has 0 saturated carbocycles. The zero-order chi connectivity index (χ0) is 13.8. The number of carbonyl (C=O) groups excluding carboxylic acids is 2. The van der Waals surface area contributed by atoms with Crippen LogP contribution in [0.1, 0.15) is 70.6 Å². The summed E-state index contributed by atoms with van der Waals surface area (Å²) in [5.41, 5.74) is 0. The van der Waals surface area contributed by atoms with E-state index in [1.54, 1.807) is 0 Å². The normalized spacial score (nSPS) is 22.1. The average molecular weight is 270 g/mol. The van der Waals surface area contributed by atoms with Crippen molar-refractivity contribution >= 4 is 11.9 Å². The zero-order valence-corrected chi connectivity index (χ0v) is 11.8. The van der Waals surface area contributed by atoms with E-state index in [0.29, 0.717) is 26.1 Å². The van der Waals surface area contributed by atoms with Crippen LogP contribution in [0.5, 0.6) is 0 Å². The summed E-state index contributed by atoms with van der Waals surface area (Å²) < 4.78 is 10.3. The van der Waals surface area contributed by atoms with Gasteiger partial charge in [-0.05, 0) is 38.5 Å². The van der Waals surface area contributed by atoms with E-state index in [9.17, 15) is 9.59 Å². The van der Waals surface area contributed by atoms with Crippen molar-refractivity contribution in [1.82, 2.24) is 0 Å². The fourth-order valence-corrected chi connectivity index (χ4v) is 2.14. The largest absolute Gasteiger partial charge is 0.466 e. The molecule has 1 aliphatic heterocycles. The first kappa shape index (κ1) is 16.0. The minimum absolute atomic E-state index is 0.0668. The Bertz CT molecular complexity index is 237. The third-order valence-corrected chi connectivity index (χ3v) is 3.33. The molecule has 4 nitrogen and oxygen atoms in total. The van der Waals surface area contributed by atoms with Gasteiger partial charge in [-0.2, -0.15) is 0 Å². The molecule has 19 heavy (non-hydrogen) atoms. The lowest BCUT2D eigenvalue weighted by atomic mass is 10.1. The fourth-order valence-electron chi connectivity index (χ4n) is 2.14. The van der Waals surface area contributed by atoms with Gasteiger partial charge >= 0.3 is 11.9 Å². The highest BCUT2D eigenvalue weighted by Gasteiger charge is 2.05. The van der Waals surface area contributed by atoms with Crippen molar-refractivity contribution in [3.8, 4) is 0 Å². The number of esters is 2. The van der Waals surface area contributed by atoms with Crippen LogP contribution in [-0.2, 0) is 19.1 Å². The molecule has 0 amide bonds. The van der Waals surface area contributed by atoms with Crippen LogP contribution < -0.4 is 0 Å². The molecule has 0 aromatic rings. The Labute approximate surface area is 115 Å². The first-order chi connectivity index (χ1) is 9.29. The van der Waals surface area contributed by atoms with Crippen molar-refractivity contribution in [2.45, 2.75) is 70.6 Å². The van der Waals surface area contributed by atoms with Crippen molar-refractivity contribution < 1.29 is 19.1 Å². The predicted octanol–water partition coefficient (Wildman–Crippen LogP) is 3.38. The summed E-state index contributed by atoms with van der Waals surface area (Å²) in [4.78, 5) is 22.8. The second-order valence-electron chi connectivity index (χ2n) is 5.12. The maximum Gasteiger partial charge on any atom is 0.305 e. The van der Waals surface area contributed by atoms with Gasteiger partial charge in [0.05, 0.1) is 13.2 Å². The number of cyclic esters (lactones) is 2. The average Bonchev–Trinajstić information content (AvgIpc) is 2.40. The maximum absolute atomic E-state index is 11.4. The van der Waals surface area contributed by atoms with Gasteiger partial charge in [-0.25, -0.2) is 0 Å². The number of hydrogen-bond acceptors (Lipinski definition) is 4. The lowest BCUT2D eigenvalue weighted by molar-refractivity contribution is -0.145. The molecular formula is C15H26O4. The van der Waals surface area contributed by atoms with E-state index >= 15 is 0 Å². The Morgan fingerprint density at radius 3 is 1.37 bits per heavy atom. The highest BCUT2D eigenvalue weighted by atomic mass is 16.5. The molecule has 110 valence electrons. The Morgan fingerprint density at radius 2 is 0.895 bits per heavy atom. The Balaban J connectivity index is 2.21. The number of ether oxygens (including phenoxy) is 2. The molecule has 0 N–H and O–H groups in total. The molecule has 0 aromatic carbocycles. The minimum atomic E-state index is -0.0668. The molecular weight excluding hydrogens is 244 g/mol. The Kier molecular flexibility index (Phi) is 9.11. The topological polar surface area (TPSA) is 52.6 Å². The van der Waals surface area contributed by atoms with Crippen LogP contribution >= 0.6 is 0 Å². The van der Waals surface area contributed by atoms with Crippen molar-refractivity contribution in [2.75, 3.05) is 13.2 Å². The van der Waals surface area contributed by atoms with E-state index in [-0.39, 0.29) is 11.9 Å². The highest BCUT2D eigenvalue weighted by Crippen LogP contribution is 2.10. The monoisotopic (exact) mass is 270 g/mol. The molecule has 0 radical (unpaired) electrons. The van der Waals surface area contributed by atoms with Crippen LogP contribution in [-0.4, -0.2) is 25.2 Å². The maximum atomic E-state index is 11.4. The SMILES string of the molecule is O=C1CCCCCCCC(=O)OCCCCCCO1. The molecule has 0 bridgehead atoms. The summed E-state index contributed by atoms with van der Waals surface area (Å²) in [5, 5.41) is 0. The molecule has 1 heterocycles. The molecule has 0 spiro atoms. The van der Waals surface area contributed by atoms with Gasteiger partial charge < -0.3 is 9.47 Å². The molecule has 1 rings (SSSR count). The summed E-state index contributed by atoms with van der Waals surface area (Å²) in [5.74, 6) is -0.134. The summed E-state index contributed by atoms with van der Waals surface area (Å²) in [7, 11) is 0. The standard InChI is InChI=1S/C15H26O4/c16-14-10-6-2-1-3-7-11-15(17)19-13-9-5-4-8-12-18-14/h1-13H2.